The smallest absolute Gasteiger partial charge is 0.231 e. The number of hydrogen-bond donors (Lipinski definition) is 0. The van der Waals surface area contributed by atoms with Crippen LogP contribution in [0.25, 0.3) is 0 Å². The van der Waals surface area contributed by atoms with Gasteiger partial charge in [0.2, 0.25) is 12.7 Å². The molecule has 0 unspecified atom stereocenters. The largest absolute Gasteiger partial charge is 0.454 e. The maximum absolute atomic E-state index is 13.1. The number of halogens is 2. The third kappa shape index (κ3) is 5.93. The van der Waals surface area contributed by atoms with Gasteiger partial charge in [0.15, 0.2) is 11.5 Å². The fourth-order valence-corrected chi connectivity index (χ4v) is 5.13. The molecular weight excluding hydrogens is 461 g/mol. The molecule has 8 heteroatoms. The van der Waals surface area contributed by atoms with Gasteiger partial charge in [-0.3, -0.25) is 14.6 Å². The molecule has 3 aliphatic heterocycles. The van der Waals surface area contributed by atoms with E-state index >= 15 is 0 Å². The summed E-state index contributed by atoms with van der Waals surface area (Å²) in [5.41, 5.74) is 2.46. The topological polar surface area (TPSA) is 45.3 Å². The van der Waals surface area contributed by atoms with Crippen LogP contribution in [0.5, 0.6) is 11.5 Å². The van der Waals surface area contributed by atoms with Crippen molar-refractivity contribution in [2.75, 3.05) is 46.1 Å². The molecule has 0 radical (unpaired) electrons. The van der Waals surface area contributed by atoms with Crippen molar-refractivity contribution in [1.29, 1.82) is 0 Å². The molecule has 0 bridgehead atoms. The minimum atomic E-state index is 0. The molecule has 1 amide bonds. The molecule has 2 fully saturated rings. The van der Waals surface area contributed by atoms with Crippen molar-refractivity contribution in [1.82, 2.24) is 14.7 Å². The lowest BCUT2D eigenvalue weighted by Crippen LogP contribution is -2.51. The fourth-order valence-electron chi connectivity index (χ4n) is 4.91. The number of rotatable bonds is 5. The van der Waals surface area contributed by atoms with Gasteiger partial charge >= 0.3 is 0 Å². The van der Waals surface area contributed by atoms with Crippen LogP contribution in [0.3, 0.4) is 0 Å². The number of carbonyl (C=O) groups is 1. The lowest BCUT2D eigenvalue weighted by atomic mass is 9.94. The molecular formula is C25H31Cl2N3O3. The SMILES string of the molecule is Cl.O=C(C1CCN(Cc2cccc(Cl)c2)CC1)N1CCN(Cc2ccc3c(c2)OCO3)CC1. The zero-order valence-corrected chi connectivity index (χ0v) is 20.3. The standard InChI is InChI=1S/C25H30ClN3O3.ClH/c26-22-3-1-2-19(14-22)16-27-8-6-21(7-9-27)25(30)29-12-10-28(11-13-29)17-20-4-5-23-24(15-20)32-18-31-23;/h1-5,14-15,21H,6-13,16-18H2;1H. The third-order valence-electron chi connectivity index (χ3n) is 6.76. The molecule has 33 heavy (non-hydrogen) atoms. The summed E-state index contributed by atoms with van der Waals surface area (Å²) in [7, 11) is 0. The molecule has 0 aromatic heterocycles. The molecule has 0 spiro atoms. The first-order chi connectivity index (χ1) is 15.6. The number of benzene rings is 2. The van der Waals surface area contributed by atoms with E-state index in [-0.39, 0.29) is 18.3 Å². The summed E-state index contributed by atoms with van der Waals surface area (Å²) < 4.78 is 10.9. The van der Waals surface area contributed by atoms with E-state index in [4.69, 9.17) is 21.1 Å². The van der Waals surface area contributed by atoms with Crippen molar-refractivity contribution < 1.29 is 14.3 Å². The lowest BCUT2D eigenvalue weighted by Gasteiger charge is -2.38. The van der Waals surface area contributed by atoms with Crippen LogP contribution in [-0.4, -0.2) is 66.7 Å². The molecule has 0 N–H and O–H groups in total. The van der Waals surface area contributed by atoms with E-state index in [2.05, 4.69) is 32.9 Å². The number of amides is 1. The summed E-state index contributed by atoms with van der Waals surface area (Å²) >= 11 is 6.11. The van der Waals surface area contributed by atoms with E-state index in [1.807, 2.05) is 24.3 Å². The maximum Gasteiger partial charge on any atom is 0.231 e. The van der Waals surface area contributed by atoms with Crippen LogP contribution in [0.4, 0.5) is 0 Å². The van der Waals surface area contributed by atoms with E-state index in [1.165, 1.54) is 11.1 Å². The van der Waals surface area contributed by atoms with Gasteiger partial charge in [0.25, 0.3) is 0 Å². The Kier molecular flexibility index (Phi) is 8.02. The Morgan fingerprint density at radius 1 is 0.848 bits per heavy atom. The summed E-state index contributed by atoms with van der Waals surface area (Å²) in [6, 6.07) is 14.2. The van der Waals surface area contributed by atoms with E-state index in [0.717, 1.165) is 81.7 Å². The Morgan fingerprint density at radius 2 is 1.52 bits per heavy atom. The second-order valence-corrected chi connectivity index (χ2v) is 9.41. The van der Waals surface area contributed by atoms with Gasteiger partial charge in [-0.25, -0.2) is 0 Å². The van der Waals surface area contributed by atoms with Gasteiger partial charge in [0.05, 0.1) is 0 Å². The third-order valence-corrected chi connectivity index (χ3v) is 6.99. The molecule has 0 saturated carbocycles. The van der Waals surface area contributed by atoms with Crippen LogP contribution in [0.2, 0.25) is 5.02 Å². The Morgan fingerprint density at radius 3 is 2.24 bits per heavy atom. The van der Waals surface area contributed by atoms with Crippen molar-refractivity contribution in [3.8, 4) is 11.5 Å². The second kappa shape index (κ2) is 11.0. The molecule has 0 atom stereocenters. The van der Waals surface area contributed by atoms with Crippen LogP contribution in [0.1, 0.15) is 24.0 Å². The number of carbonyl (C=O) groups excluding carboxylic acids is 1. The van der Waals surface area contributed by atoms with Gasteiger partial charge in [0.1, 0.15) is 0 Å². The number of piperazine rings is 1. The van der Waals surface area contributed by atoms with Crippen molar-refractivity contribution in [2.45, 2.75) is 25.9 Å². The lowest BCUT2D eigenvalue weighted by molar-refractivity contribution is -0.139. The second-order valence-electron chi connectivity index (χ2n) is 8.97. The highest BCUT2D eigenvalue weighted by Gasteiger charge is 2.30. The van der Waals surface area contributed by atoms with Crippen LogP contribution in [-0.2, 0) is 17.9 Å². The highest BCUT2D eigenvalue weighted by molar-refractivity contribution is 6.30. The first kappa shape index (κ1) is 24.1. The molecule has 2 aromatic rings. The molecule has 6 nitrogen and oxygen atoms in total. The molecule has 3 heterocycles. The quantitative estimate of drug-likeness (QED) is 0.631. The maximum atomic E-state index is 13.1. The van der Waals surface area contributed by atoms with Crippen LogP contribution >= 0.6 is 24.0 Å². The van der Waals surface area contributed by atoms with Gasteiger partial charge in [0, 0.05) is 50.2 Å². The molecule has 178 valence electrons. The fraction of sp³-hybridized carbons (Fsp3) is 0.480. The van der Waals surface area contributed by atoms with Gasteiger partial charge in [-0.2, -0.15) is 0 Å². The van der Waals surface area contributed by atoms with Crippen molar-refractivity contribution in [3.63, 3.8) is 0 Å². The minimum absolute atomic E-state index is 0. The van der Waals surface area contributed by atoms with Gasteiger partial charge in [-0.1, -0.05) is 29.8 Å². The molecule has 0 aliphatic carbocycles. The van der Waals surface area contributed by atoms with Crippen LogP contribution < -0.4 is 9.47 Å². The first-order valence-electron chi connectivity index (χ1n) is 11.5. The number of likely N-dealkylation sites (tertiary alicyclic amines) is 1. The summed E-state index contributed by atoms with van der Waals surface area (Å²) in [5.74, 6) is 2.15. The summed E-state index contributed by atoms with van der Waals surface area (Å²) in [5, 5.41) is 0.783. The molecule has 3 aliphatic rings. The summed E-state index contributed by atoms with van der Waals surface area (Å²) in [6.07, 6.45) is 1.88. The average Bonchev–Trinajstić information content (AvgIpc) is 3.28. The Hall–Kier alpha value is -1.99. The Bertz CT molecular complexity index is 958. The van der Waals surface area contributed by atoms with Crippen LogP contribution in [0, 0.1) is 5.92 Å². The van der Waals surface area contributed by atoms with E-state index in [0.29, 0.717) is 12.7 Å². The Labute approximate surface area is 206 Å². The van der Waals surface area contributed by atoms with E-state index < -0.39 is 0 Å². The van der Waals surface area contributed by atoms with E-state index in [1.54, 1.807) is 0 Å². The molecule has 2 aromatic carbocycles. The zero-order valence-electron chi connectivity index (χ0n) is 18.7. The first-order valence-corrected chi connectivity index (χ1v) is 11.9. The highest BCUT2D eigenvalue weighted by Crippen LogP contribution is 2.33. The van der Waals surface area contributed by atoms with Crippen LogP contribution in [0.15, 0.2) is 42.5 Å². The van der Waals surface area contributed by atoms with Crippen molar-refractivity contribution >= 4 is 29.9 Å². The zero-order chi connectivity index (χ0) is 21.9. The number of piperidine rings is 1. The normalized spacial score (nSPS) is 19.4. The van der Waals surface area contributed by atoms with Gasteiger partial charge in [-0.05, 0) is 61.3 Å². The highest BCUT2D eigenvalue weighted by atomic mass is 35.5. The number of ether oxygens (including phenoxy) is 2. The number of fused-ring (bicyclic) bond motifs is 1. The molecule has 5 rings (SSSR count). The van der Waals surface area contributed by atoms with Crippen molar-refractivity contribution in [3.05, 3.63) is 58.6 Å². The van der Waals surface area contributed by atoms with E-state index in [9.17, 15) is 4.79 Å². The minimum Gasteiger partial charge on any atom is -0.454 e. The summed E-state index contributed by atoms with van der Waals surface area (Å²) in [4.78, 5) is 20.0. The molecule has 2 saturated heterocycles. The Balaban J connectivity index is 0.00000259. The predicted octanol–water partition coefficient (Wildman–Crippen LogP) is 4.05. The van der Waals surface area contributed by atoms with Gasteiger partial charge < -0.3 is 14.4 Å². The number of hydrogen-bond acceptors (Lipinski definition) is 5. The monoisotopic (exact) mass is 491 g/mol. The summed E-state index contributed by atoms with van der Waals surface area (Å²) in [6.45, 7) is 7.46. The van der Waals surface area contributed by atoms with Gasteiger partial charge in [-0.15, -0.1) is 12.4 Å². The van der Waals surface area contributed by atoms with Crippen molar-refractivity contribution in [2.24, 2.45) is 5.92 Å². The number of nitrogens with zero attached hydrogens (tertiary/aromatic N) is 3. The predicted molar refractivity (Wildman–Crippen MR) is 131 cm³/mol. The average molecular weight is 492 g/mol.